The summed E-state index contributed by atoms with van der Waals surface area (Å²) in [5.41, 5.74) is 8.06. The van der Waals surface area contributed by atoms with E-state index in [-0.39, 0.29) is 11.6 Å². The first-order valence-electron chi connectivity index (χ1n) is 10.5. The monoisotopic (exact) mass is 443 g/mol. The number of hydrogen-bond acceptors (Lipinski definition) is 6. The average molecular weight is 443 g/mol. The molecule has 9 heteroatoms. The van der Waals surface area contributed by atoms with Gasteiger partial charge in [0, 0.05) is 17.8 Å². The van der Waals surface area contributed by atoms with Crippen molar-refractivity contribution in [2.24, 2.45) is 5.73 Å². The first-order chi connectivity index (χ1) is 16.0. The van der Waals surface area contributed by atoms with Crippen molar-refractivity contribution in [3.8, 4) is 17.5 Å². The third-order valence-corrected chi connectivity index (χ3v) is 6.14. The molecule has 0 radical (unpaired) electrons. The number of hydrogen-bond donors (Lipinski definition) is 1. The van der Waals surface area contributed by atoms with Crippen LogP contribution >= 0.6 is 0 Å². The number of anilines is 1. The van der Waals surface area contributed by atoms with Crippen LogP contribution in [0.4, 0.5) is 10.5 Å². The maximum atomic E-state index is 13.5. The Labute approximate surface area is 189 Å². The van der Waals surface area contributed by atoms with Crippen LogP contribution in [0.15, 0.2) is 48.5 Å². The predicted octanol–water partition coefficient (Wildman–Crippen LogP) is 3.04. The molecule has 2 heterocycles. The van der Waals surface area contributed by atoms with Gasteiger partial charge < -0.3 is 20.1 Å². The number of primary amides is 1. The number of aromatic nitrogens is 2. The van der Waals surface area contributed by atoms with Crippen LogP contribution in [0.25, 0.3) is 5.69 Å². The number of ether oxygens (including phenoxy) is 2. The van der Waals surface area contributed by atoms with E-state index in [1.165, 1.54) is 4.68 Å². The molecule has 0 unspecified atom stereocenters. The molecule has 1 fully saturated rings. The summed E-state index contributed by atoms with van der Waals surface area (Å²) < 4.78 is 12.0. The molecule has 0 bridgehead atoms. The lowest BCUT2D eigenvalue weighted by molar-refractivity contribution is 0.0899. The SMILES string of the molecule is COc1ccc(-n2nc(C#N)c3c2C(=O)N(c2ccc(C4(OC(N)=O)CC4)cc2)CC3)cc1. The van der Waals surface area contributed by atoms with Crippen LogP contribution in [-0.2, 0) is 16.8 Å². The molecule has 1 saturated carbocycles. The van der Waals surface area contributed by atoms with Crippen LogP contribution < -0.4 is 15.4 Å². The van der Waals surface area contributed by atoms with Gasteiger partial charge in [-0.25, -0.2) is 9.48 Å². The molecule has 3 aromatic rings. The van der Waals surface area contributed by atoms with Crippen LogP contribution in [0.3, 0.4) is 0 Å². The molecule has 0 spiro atoms. The van der Waals surface area contributed by atoms with E-state index in [9.17, 15) is 14.9 Å². The van der Waals surface area contributed by atoms with Gasteiger partial charge in [-0.3, -0.25) is 4.79 Å². The van der Waals surface area contributed by atoms with Gasteiger partial charge in [0.15, 0.2) is 5.69 Å². The molecule has 9 nitrogen and oxygen atoms in total. The Kier molecular flexibility index (Phi) is 4.78. The minimum Gasteiger partial charge on any atom is -0.497 e. The molecule has 0 atom stereocenters. The molecule has 2 aliphatic rings. The standard InChI is InChI=1S/C24H21N5O4/c1-32-18-8-6-17(7-9-18)29-21-19(20(14-25)27-29)10-13-28(22(21)30)16-4-2-15(3-5-16)24(11-12-24)33-23(26)31/h2-9H,10-13H2,1H3,(H2,26,31). The molecule has 5 rings (SSSR count). The number of amides is 2. The number of nitrogens with zero attached hydrogens (tertiary/aromatic N) is 4. The van der Waals surface area contributed by atoms with E-state index in [0.717, 1.165) is 18.4 Å². The van der Waals surface area contributed by atoms with Gasteiger partial charge >= 0.3 is 6.09 Å². The molecule has 0 saturated heterocycles. The minimum absolute atomic E-state index is 0.233. The van der Waals surface area contributed by atoms with Crippen molar-refractivity contribution in [2.75, 3.05) is 18.6 Å². The summed E-state index contributed by atoms with van der Waals surface area (Å²) in [6, 6.07) is 16.6. The molecular formula is C24H21N5O4. The Morgan fingerprint density at radius 2 is 1.79 bits per heavy atom. The summed E-state index contributed by atoms with van der Waals surface area (Å²) in [6.45, 7) is 0.428. The smallest absolute Gasteiger partial charge is 0.405 e. The summed E-state index contributed by atoms with van der Waals surface area (Å²) in [5.74, 6) is 0.449. The fourth-order valence-corrected chi connectivity index (χ4v) is 4.31. The van der Waals surface area contributed by atoms with E-state index >= 15 is 0 Å². The van der Waals surface area contributed by atoms with Crippen molar-refractivity contribution in [3.63, 3.8) is 0 Å². The first-order valence-corrected chi connectivity index (χ1v) is 10.5. The quantitative estimate of drug-likeness (QED) is 0.646. The third kappa shape index (κ3) is 3.46. The summed E-state index contributed by atoms with van der Waals surface area (Å²) in [5, 5.41) is 14.0. The van der Waals surface area contributed by atoms with Gasteiger partial charge in [0.2, 0.25) is 0 Å². The number of nitrogens with two attached hydrogens (primary N) is 1. The second kappa shape index (κ2) is 7.67. The summed E-state index contributed by atoms with van der Waals surface area (Å²) in [6.07, 6.45) is 1.16. The fourth-order valence-electron chi connectivity index (χ4n) is 4.31. The Morgan fingerprint density at radius 1 is 1.12 bits per heavy atom. The first kappa shape index (κ1) is 20.6. The van der Waals surface area contributed by atoms with Crippen molar-refractivity contribution >= 4 is 17.7 Å². The van der Waals surface area contributed by atoms with Gasteiger partial charge in [0.1, 0.15) is 23.1 Å². The Morgan fingerprint density at radius 3 is 2.36 bits per heavy atom. The molecule has 2 N–H and O–H groups in total. The molecule has 166 valence electrons. The summed E-state index contributed by atoms with van der Waals surface area (Å²) in [7, 11) is 1.58. The van der Waals surface area contributed by atoms with Crippen LogP contribution in [0, 0.1) is 11.3 Å². The maximum Gasteiger partial charge on any atom is 0.405 e. The van der Waals surface area contributed by atoms with Gasteiger partial charge in [-0.15, -0.1) is 0 Å². The zero-order chi connectivity index (χ0) is 23.2. The number of rotatable bonds is 5. The van der Waals surface area contributed by atoms with Gasteiger partial charge in [-0.2, -0.15) is 10.4 Å². The van der Waals surface area contributed by atoms with Crippen LogP contribution in [-0.4, -0.2) is 35.4 Å². The molecule has 1 aromatic heterocycles. The Hall–Kier alpha value is -4.32. The van der Waals surface area contributed by atoms with Gasteiger partial charge in [0.25, 0.3) is 5.91 Å². The molecule has 2 amide bonds. The number of carbonyl (C=O) groups excluding carboxylic acids is 2. The van der Waals surface area contributed by atoms with Gasteiger partial charge in [-0.1, -0.05) is 12.1 Å². The average Bonchev–Trinajstić information content (AvgIpc) is 3.50. The van der Waals surface area contributed by atoms with Crippen LogP contribution in [0.2, 0.25) is 0 Å². The zero-order valence-corrected chi connectivity index (χ0v) is 17.9. The fraction of sp³-hybridized carbons (Fsp3) is 0.250. The molecular weight excluding hydrogens is 422 g/mol. The van der Waals surface area contributed by atoms with Crippen LogP contribution in [0.5, 0.6) is 5.75 Å². The highest BCUT2D eigenvalue weighted by atomic mass is 16.6. The van der Waals surface area contributed by atoms with E-state index in [1.54, 1.807) is 36.3 Å². The number of carbonyl (C=O) groups is 2. The summed E-state index contributed by atoms with van der Waals surface area (Å²) >= 11 is 0. The number of benzene rings is 2. The largest absolute Gasteiger partial charge is 0.497 e. The number of fused-ring (bicyclic) bond motifs is 1. The highest BCUT2D eigenvalue weighted by Crippen LogP contribution is 2.49. The highest BCUT2D eigenvalue weighted by Gasteiger charge is 2.48. The molecule has 2 aromatic carbocycles. The van der Waals surface area contributed by atoms with Crippen molar-refractivity contribution in [3.05, 3.63) is 71.0 Å². The van der Waals surface area contributed by atoms with Crippen molar-refractivity contribution in [1.82, 2.24) is 9.78 Å². The van der Waals surface area contributed by atoms with Gasteiger partial charge in [0.05, 0.1) is 12.8 Å². The molecule has 1 aliphatic heterocycles. The minimum atomic E-state index is -0.796. The molecule has 1 aliphatic carbocycles. The van der Waals surface area contributed by atoms with Crippen LogP contribution in [0.1, 0.15) is 40.2 Å². The van der Waals surface area contributed by atoms with E-state index < -0.39 is 11.7 Å². The van der Waals surface area contributed by atoms with Crippen molar-refractivity contribution in [2.45, 2.75) is 24.9 Å². The van der Waals surface area contributed by atoms with E-state index in [2.05, 4.69) is 11.2 Å². The lowest BCUT2D eigenvalue weighted by Gasteiger charge is -2.28. The van der Waals surface area contributed by atoms with E-state index in [4.69, 9.17) is 15.2 Å². The van der Waals surface area contributed by atoms with Crippen molar-refractivity contribution in [1.29, 1.82) is 5.26 Å². The Bertz CT molecular complexity index is 1280. The zero-order valence-electron chi connectivity index (χ0n) is 17.9. The lowest BCUT2D eigenvalue weighted by atomic mass is 10.0. The third-order valence-electron chi connectivity index (χ3n) is 6.14. The predicted molar refractivity (Wildman–Crippen MR) is 118 cm³/mol. The topological polar surface area (TPSA) is 123 Å². The second-order valence-corrected chi connectivity index (χ2v) is 8.07. The normalized spacial score (nSPS) is 16.0. The maximum absolute atomic E-state index is 13.5. The Balaban J connectivity index is 1.48. The summed E-state index contributed by atoms with van der Waals surface area (Å²) in [4.78, 5) is 26.4. The lowest BCUT2D eigenvalue weighted by Crippen LogP contribution is -2.38. The van der Waals surface area contributed by atoms with E-state index in [0.29, 0.717) is 41.3 Å². The van der Waals surface area contributed by atoms with Gasteiger partial charge in [-0.05, 0) is 61.2 Å². The number of nitriles is 1. The number of methoxy groups -OCH3 is 1. The highest BCUT2D eigenvalue weighted by molar-refractivity contribution is 6.07. The second-order valence-electron chi connectivity index (χ2n) is 8.07. The van der Waals surface area contributed by atoms with E-state index in [1.807, 2.05) is 24.3 Å². The molecule has 33 heavy (non-hydrogen) atoms. The van der Waals surface area contributed by atoms with Crippen molar-refractivity contribution < 1.29 is 19.1 Å².